The number of benzene rings is 1. The second kappa shape index (κ2) is 3.84. The van der Waals surface area contributed by atoms with Crippen LogP contribution in [0.5, 0.6) is 0 Å². The number of carboxylic acid groups (broad SMARTS) is 1. The van der Waals surface area contributed by atoms with Gasteiger partial charge in [-0.15, -0.1) is 0 Å². The van der Waals surface area contributed by atoms with Gasteiger partial charge in [0.15, 0.2) is 0 Å². The Labute approximate surface area is 92.5 Å². The molecule has 0 radical (unpaired) electrons. The highest BCUT2D eigenvalue weighted by Crippen LogP contribution is 2.19. The zero-order valence-corrected chi connectivity index (χ0v) is 8.97. The van der Waals surface area contributed by atoms with Crippen molar-refractivity contribution in [3.63, 3.8) is 0 Å². The first-order chi connectivity index (χ1) is 7.58. The molecule has 0 saturated heterocycles. The molecule has 3 N–H and O–H groups in total. The maximum Gasteiger partial charge on any atom is 0.305 e. The fraction of sp³-hybridized carbons (Fsp3) is 0.273. The van der Waals surface area contributed by atoms with E-state index in [9.17, 15) is 4.79 Å². The lowest BCUT2D eigenvalue weighted by Crippen LogP contribution is -2.07. The number of nitrogens with two attached hydrogens (primary N) is 1. The minimum absolute atomic E-state index is 0.0452. The molecule has 84 valence electrons. The monoisotopic (exact) mass is 219 g/mol. The van der Waals surface area contributed by atoms with Crippen LogP contribution < -0.4 is 5.73 Å². The highest BCUT2D eigenvalue weighted by Gasteiger charge is 2.09. The third-order valence-corrected chi connectivity index (χ3v) is 2.48. The molecular formula is C11H13N3O2. The predicted molar refractivity (Wildman–Crippen MR) is 61.1 cm³/mol. The molecule has 0 amide bonds. The van der Waals surface area contributed by atoms with E-state index >= 15 is 0 Å². The Morgan fingerprint density at radius 1 is 1.56 bits per heavy atom. The summed E-state index contributed by atoms with van der Waals surface area (Å²) in [6, 6.07) is 5.80. The number of nitrogens with zero attached hydrogens (tertiary/aromatic N) is 2. The number of aromatic nitrogens is 2. The average Bonchev–Trinajstić information content (AvgIpc) is 2.51. The molecule has 0 aliphatic carbocycles. The number of rotatable bonds is 3. The Morgan fingerprint density at radius 2 is 2.31 bits per heavy atom. The molecule has 16 heavy (non-hydrogen) atoms. The number of nitrogen functional groups attached to an aromatic ring is 1. The van der Waals surface area contributed by atoms with Crippen molar-refractivity contribution in [2.75, 3.05) is 5.73 Å². The molecule has 1 heterocycles. The molecule has 0 aliphatic heterocycles. The fourth-order valence-corrected chi connectivity index (χ4v) is 1.69. The minimum Gasteiger partial charge on any atom is -0.481 e. The molecule has 0 atom stereocenters. The van der Waals surface area contributed by atoms with Crippen molar-refractivity contribution in [3.8, 4) is 0 Å². The van der Waals surface area contributed by atoms with Gasteiger partial charge < -0.3 is 15.4 Å². The Morgan fingerprint density at radius 3 is 3.00 bits per heavy atom. The van der Waals surface area contributed by atoms with Gasteiger partial charge in [-0.3, -0.25) is 4.79 Å². The first kappa shape index (κ1) is 10.5. The van der Waals surface area contributed by atoms with Crippen LogP contribution >= 0.6 is 0 Å². The van der Waals surface area contributed by atoms with Crippen LogP contribution in [0.1, 0.15) is 12.0 Å². The number of hydrogen-bond acceptors (Lipinski definition) is 3. The van der Waals surface area contributed by atoms with E-state index in [2.05, 4.69) is 4.98 Å². The molecule has 0 bridgehead atoms. The standard InChI is InChI=1S/C11H13N3O2/c1-7-2-3-8-9(6-7)14(11(12)13-8)5-4-10(15)16/h2-3,6H,4-5H2,1H3,(H2,12,13)(H,15,16). The summed E-state index contributed by atoms with van der Waals surface area (Å²) in [4.78, 5) is 14.7. The number of aliphatic carboxylic acids is 1. The second-order valence-corrected chi connectivity index (χ2v) is 3.76. The molecule has 0 fully saturated rings. The third kappa shape index (κ3) is 1.84. The van der Waals surface area contributed by atoms with Gasteiger partial charge in [-0.25, -0.2) is 4.98 Å². The molecule has 5 nitrogen and oxygen atoms in total. The Bertz CT molecular complexity index is 545. The number of carbonyl (C=O) groups is 1. The van der Waals surface area contributed by atoms with Gasteiger partial charge in [0.25, 0.3) is 0 Å². The topological polar surface area (TPSA) is 81.1 Å². The summed E-state index contributed by atoms with van der Waals surface area (Å²) in [7, 11) is 0. The van der Waals surface area contributed by atoms with Crippen LogP contribution in [0.25, 0.3) is 11.0 Å². The van der Waals surface area contributed by atoms with Gasteiger partial charge in [-0.1, -0.05) is 6.07 Å². The van der Waals surface area contributed by atoms with Crippen molar-refractivity contribution in [2.24, 2.45) is 0 Å². The molecule has 1 aromatic heterocycles. The molecule has 0 spiro atoms. The van der Waals surface area contributed by atoms with E-state index in [4.69, 9.17) is 10.8 Å². The second-order valence-electron chi connectivity index (χ2n) is 3.76. The van der Waals surface area contributed by atoms with E-state index < -0.39 is 5.97 Å². The molecule has 1 aromatic carbocycles. The van der Waals surface area contributed by atoms with Crippen LogP contribution in [0.4, 0.5) is 5.95 Å². The van der Waals surface area contributed by atoms with Crippen LogP contribution in [0.2, 0.25) is 0 Å². The summed E-state index contributed by atoms with van der Waals surface area (Å²) in [5.41, 5.74) is 8.54. The molecule has 2 rings (SSSR count). The number of aryl methyl sites for hydroxylation is 2. The summed E-state index contributed by atoms with van der Waals surface area (Å²) in [5, 5.41) is 8.66. The highest BCUT2D eigenvalue weighted by molar-refractivity contribution is 5.79. The van der Waals surface area contributed by atoms with Crippen molar-refractivity contribution in [1.29, 1.82) is 0 Å². The van der Waals surface area contributed by atoms with E-state index in [1.54, 1.807) is 4.57 Å². The summed E-state index contributed by atoms with van der Waals surface area (Å²) in [5.74, 6) is -0.476. The van der Waals surface area contributed by atoms with Crippen molar-refractivity contribution in [1.82, 2.24) is 9.55 Å². The summed E-state index contributed by atoms with van der Waals surface area (Å²) in [6.45, 7) is 2.32. The fourth-order valence-electron chi connectivity index (χ4n) is 1.69. The lowest BCUT2D eigenvalue weighted by molar-refractivity contribution is -0.137. The zero-order chi connectivity index (χ0) is 11.7. The van der Waals surface area contributed by atoms with Crippen molar-refractivity contribution < 1.29 is 9.90 Å². The van der Waals surface area contributed by atoms with Gasteiger partial charge in [0.05, 0.1) is 17.5 Å². The summed E-state index contributed by atoms with van der Waals surface area (Å²) in [6.07, 6.45) is 0.0452. The summed E-state index contributed by atoms with van der Waals surface area (Å²) >= 11 is 0. The molecule has 5 heteroatoms. The van der Waals surface area contributed by atoms with Gasteiger partial charge in [-0.05, 0) is 24.6 Å². The van der Waals surface area contributed by atoms with Gasteiger partial charge in [0.1, 0.15) is 0 Å². The van der Waals surface area contributed by atoms with E-state index in [0.717, 1.165) is 16.6 Å². The Hall–Kier alpha value is -2.04. The van der Waals surface area contributed by atoms with Gasteiger partial charge in [-0.2, -0.15) is 0 Å². The van der Waals surface area contributed by atoms with E-state index in [1.807, 2.05) is 25.1 Å². The highest BCUT2D eigenvalue weighted by atomic mass is 16.4. The van der Waals surface area contributed by atoms with Gasteiger partial charge in [0, 0.05) is 6.54 Å². The zero-order valence-electron chi connectivity index (χ0n) is 8.97. The number of carboxylic acids is 1. The smallest absolute Gasteiger partial charge is 0.305 e. The maximum absolute atomic E-state index is 10.5. The average molecular weight is 219 g/mol. The number of hydrogen-bond donors (Lipinski definition) is 2. The largest absolute Gasteiger partial charge is 0.481 e. The van der Waals surface area contributed by atoms with Crippen LogP contribution in [0.3, 0.4) is 0 Å². The number of anilines is 1. The molecule has 0 aliphatic rings. The van der Waals surface area contributed by atoms with Gasteiger partial charge >= 0.3 is 5.97 Å². The Kier molecular flexibility index (Phi) is 2.52. The van der Waals surface area contributed by atoms with E-state index in [0.29, 0.717) is 12.5 Å². The number of imidazole rings is 1. The lowest BCUT2D eigenvalue weighted by atomic mass is 10.2. The van der Waals surface area contributed by atoms with Crippen molar-refractivity contribution in [2.45, 2.75) is 19.9 Å². The Balaban J connectivity index is 2.45. The van der Waals surface area contributed by atoms with Crippen molar-refractivity contribution in [3.05, 3.63) is 23.8 Å². The van der Waals surface area contributed by atoms with Crippen LogP contribution in [0.15, 0.2) is 18.2 Å². The molecule has 2 aromatic rings. The molecule has 0 saturated carbocycles. The molecular weight excluding hydrogens is 206 g/mol. The third-order valence-electron chi connectivity index (χ3n) is 2.48. The van der Waals surface area contributed by atoms with Crippen LogP contribution in [0, 0.1) is 6.92 Å². The van der Waals surface area contributed by atoms with E-state index in [-0.39, 0.29) is 6.42 Å². The summed E-state index contributed by atoms with van der Waals surface area (Å²) < 4.78 is 1.73. The predicted octanol–water partition coefficient (Wildman–Crippen LogP) is 1.40. The van der Waals surface area contributed by atoms with Gasteiger partial charge in [0.2, 0.25) is 5.95 Å². The number of fused-ring (bicyclic) bond motifs is 1. The SMILES string of the molecule is Cc1ccc2nc(N)n(CCC(=O)O)c2c1. The lowest BCUT2D eigenvalue weighted by Gasteiger charge is -2.04. The maximum atomic E-state index is 10.5. The van der Waals surface area contributed by atoms with E-state index in [1.165, 1.54) is 0 Å². The van der Waals surface area contributed by atoms with Crippen molar-refractivity contribution >= 4 is 23.0 Å². The van der Waals surface area contributed by atoms with Crippen LogP contribution in [-0.2, 0) is 11.3 Å². The quantitative estimate of drug-likeness (QED) is 0.817. The first-order valence-corrected chi connectivity index (χ1v) is 5.02. The van der Waals surface area contributed by atoms with Crippen LogP contribution in [-0.4, -0.2) is 20.6 Å². The minimum atomic E-state index is -0.839. The molecule has 0 unspecified atom stereocenters. The first-order valence-electron chi connectivity index (χ1n) is 5.02. The normalized spacial score (nSPS) is 10.8.